The fourth-order valence-electron chi connectivity index (χ4n) is 2.40. The molecule has 2 aromatic carbocycles. The lowest BCUT2D eigenvalue weighted by Gasteiger charge is -2.07. The molecule has 1 N–H and O–H groups in total. The number of benzene rings is 2. The van der Waals surface area contributed by atoms with E-state index in [2.05, 4.69) is 10.3 Å². The Bertz CT molecular complexity index is 943. The molecule has 3 aromatic rings. The lowest BCUT2D eigenvalue weighted by molar-refractivity contribution is -0.147. The van der Waals surface area contributed by atoms with Crippen molar-refractivity contribution in [1.29, 1.82) is 0 Å². The highest BCUT2D eigenvalue weighted by molar-refractivity contribution is 7.18. The van der Waals surface area contributed by atoms with Crippen molar-refractivity contribution in [3.8, 4) is 0 Å². The molecule has 0 aliphatic carbocycles. The van der Waals surface area contributed by atoms with Crippen LogP contribution < -0.4 is 5.32 Å². The quantitative estimate of drug-likeness (QED) is 0.582. The molecule has 8 heteroatoms. The zero-order chi connectivity index (χ0) is 19.2. The van der Waals surface area contributed by atoms with Crippen LogP contribution in [0.5, 0.6) is 0 Å². The third kappa shape index (κ3) is 5.48. The van der Waals surface area contributed by atoms with Gasteiger partial charge in [0.15, 0.2) is 6.61 Å². The van der Waals surface area contributed by atoms with Crippen LogP contribution in [-0.4, -0.2) is 23.5 Å². The predicted molar refractivity (Wildman–Crippen MR) is 104 cm³/mol. The summed E-state index contributed by atoms with van der Waals surface area (Å²) in [6, 6.07) is 11.7. The third-order valence-corrected chi connectivity index (χ3v) is 5.06. The number of esters is 1. The number of fused-ring (bicyclic) bond motifs is 1. The highest BCUT2D eigenvalue weighted by atomic mass is 35.5. The number of hydrogen-bond donors (Lipinski definition) is 1. The number of thiazole rings is 1. The van der Waals surface area contributed by atoms with Gasteiger partial charge < -0.3 is 10.1 Å². The number of hydrogen-bond acceptors (Lipinski definition) is 5. The number of rotatable bonds is 7. The van der Waals surface area contributed by atoms with Crippen LogP contribution in [0.25, 0.3) is 10.2 Å². The van der Waals surface area contributed by atoms with Gasteiger partial charge in [-0.3, -0.25) is 9.59 Å². The summed E-state index contributed by atoms with van der Waals surface area (Å²) in [5, 5.41) is 3.36. The van der Waals surface area contributed by atoms with Crippen LogP contribution in [0.3, 0.4) is 0 Å². The van der Waals surface area contributed by atoms with Gasteiger partial charge in [-0.1, -0.05) is 23.7 Å². The van der Waals surface area contributed by atoms with Crippen molar-refractivity contribution in [2.75, 3.05) is 11.9 Å². The van der Waals surface area contributed by atoms with E-state index >= 15 is 0 Å². The van der Waals surface area contributed by atoms with Crippen LogP contribution in [0.4, 0.5) is 10.1 Å². The number of nitrogens with one attached hydrogen (secondary N) is 1. The monoisotopic (exact) mass is 406 g/mol. The molecule has 0 aliphatic rings. The fraction of sp³-hybridized carbons (Fsp3) is 0.211. The maximum atomic E-state index is 13.1. The summed E-state index contributed by atoms with van der Waals surface area (Å²) in [5.74, 6) is -1.55. The summed E-state index contributed by atoms with van der Waals surface area (Å²) in [4.78, 5) is 28.1. The third-order valence-electron chi connectivity index (χ3n) is 3.68. The number of carbonyl (C=O) groups is 2. The van der Waals surface area contributed by atoms with Crippen molar-refractivity contribution >= 4 is 50.7 Å². The second-order valence-electron chi connectivity index (χ2n) is 5.77. The van der Waals surface area contributed by atoms with Gasteiger partial charge in [-0.15, -0.1) is 11.3 Å². The first-order valence-electron chi connectivity index (χ1n) is 8.26. The minimum Gasteiger partial charge on any atom is -0.456 e. The Hall–Kier alpha value is -2.51. The van der Waals surface area contributed by atoms with E-state index in [-0.39, 0.29) is 11.4 Å². The molecule has 1 aromatic heterocycles. The van der Waals surface area contributed by atoms with E-state index in [4.69, 9.17) is 16.3 Å². The number of aryl methyl sites for hydroxylation is 1. The Morgan fingerprint density at radius 2 is 2.04 bits per heavy atom. The predicted octanol–water partition coefficient (Wildman–Crippen LogP) is 4.59. The average Bonchev–Trinajstić information content (AvgIpc) is 3.06. The molecule has 0 bridgehead atoms. The summed E-state index contributed by atoms with van der Waals surface area (Å²) in [6.45, 7) is -0.408. The van der Waals surface area contributed by atoms with Gasteiger partial charge >= 0.3 is 5.97 Å². The van der Waals surface area contributed by atoms with Crippen molar-refractivity contribution in [3.63, 3.8) is 0 Å². The molecule has 1 heterocycles. The molecule has 0 saturated carbocycles. The van der Waals surface area contributed by atoms with Crippen LogP contribution >= 0.6 is 22.9 Å². The molecule has 0 atom stereocenters. The number of carbonyl (C=O) groups excluding carboxylic acids is 2. The molecular weight excluding hydrogens is 391 g/mol. The Balaban J connectivity index is 1.38. The molecule has 0 aliphatic heterocycles. The highest BCUT2D eigenvalue weighted by Gasteiger charge is 2.10. The molecule has 0 saturated heterocycles. The molecule has 3 rings (SSSR count). The van der Waals surface area contributed by atoms with Gasteiger partial charge in [0.25, 0.3) is 5.91 Å². The zero-order valence-electron chi connectivity index (χ0n) is 14.2. The number of amides is 1. The molecule has 27 heavy (non-hydrogen) atoms. The highest BCUT2D eigenvalue weighted by Crippen LogP contribution is 2.23. The Morgan fingerprint density at radius 3 is 2.81 bits per heavy atom. The van der Waals surface area contributed by atoms with Crippen LogP contribution in [-0.2, 0) is 20.7 Å². The van der Waals surface area contributed by atoms with Gasteiger partial charge in [-0.05, 0) is 43.2 Å². The van der Waals surface area contributed by atoms with E-state index in [1.54, 1.807) is 11.3 Å². The van der Waals surface area contributed by atoms with E-state index in [9.17, 15) is 14.0 Å². The minimum atomic E-state index is -0.575. The van der Waals surface area contributed by atoms with Gasteiger partial charge in [-0.2, -0.15) is 0 Å². The van der Waals surface area contributed by atoms with Crippen molar-refractivity contribution in [1.82, 2.24) is 4.98 Å². The smallest absolute Gasteiger partial charge is 0.306 e. The van der Waals surface area contributed by atoms with Gasteiger partial charge in [-0.25, -0.2) is 9.37 Å². The van der Waals surface area contributed by atoms with Crippen molar-refractivity contribution in [3.05, 3.63) is 58.3 Å². The van der Waals surface area contributed by atoms with E-state index in [1.807, 2.05) is 24.3 Å². The van der Waals surface area contributed by atoms with Crippen molar-refractivity contribution < 1.29 is 18.7 Å². The van der Waals surface area contributed by atoms with E-state index in [1.165, 1.54) is 12.1 Å². The van der Waals surface area contributed by atoms with Gasteiger partial charge in [0.2, 0.25) is 0 Å². The maximum Gasteiger partial charge on any atom is 0.306 e. The molecular formula is C19H16ClFN2O3S. The summed E-state index contributed by atoms with van der Waals surface area (Å²) in [6.07, 6.45) is 1.47. The van der Waals surface area contributed by atoms with Crippen molar-refractivity contribution in [2.45, 2.75) is 19.3 Å². The number of nitrogens with zero attached hydrogens (tertiary/aromatic N) is 1. The minimum absolute atomic E-state index is 0.0976. The molecule has 5 nitrogen and oxygen atoms in total. The van der Waals surface area contributed by atoms with Crippen LogP contribution in [0.1, 0.15) is 17.8 Å². The number of halogens is 2. The second-order valence-corrected chi connectivity index (χ2v) is 7.29. The molecule has 0 radical (unpaired) electrons. The van der Waals surface area contributed by atoms with E-state index < -0.39 is 24.3 Å². The maximum absolute atomic E-state index is 13.1. The summed E-state index contributed by atoms with van der Waals surface area (Å²) < 4.78 is 19.1. The normalized spacial score (nSPS) is 10.7. The van der Waals surface area contributed by atoms with E-state index in [0.717, 1.165) is 21.3 Å². The first-order valence-corrected chi connectivity index (χ1v) is 9.45. The van der Waals surface area contributed by atoms with Crippen LogP contribution in [0.2, 0.25) is 5.02 Å². The Morgan fingerprint density at radius 1 is 1.22 bits per heavy atom. The number of anilines is 1. The summed E-state index contributed by atoms with van der Waals surface area (Å²) in [5.41, 5.74) is 1.29. The molecule has 140 valence electrons. The number of para-hydroxylation sites is 1. The Kier molecular flexibility index (Phi) is 6.36. The summed E-state index contributed by atoms with van der Waals surface area (Å²) in [7, 11) is 0. The fourth-order valence-corrected chi connectivity index (χ4v) is 3.59. The number of aromatic nitrogens is 1. The molecule has 0 unspecified atom stereocenters. The van der Waals surface area contributed by atoms with Crippen molar-refractivity contribution in [2.24, 2.45) is 0 Å². The van der Waals surface area contributed by atoms with Gasteiger partial charge in [0, 0.05) is 12.1 Å². The first kappa shape index (κ1) is 19.3. The standard InChI is InChI=1S/C19H16ClFN2O3S/c20-13-10-12(8-9-14(13)21)22-17(24)11-26-19(25)7-3-6-18-23-15-4-1-2-5-16(15)27-18/h1-2,4-5,8-10H,3,6-7,11H2,(H,22,24). The SMILES string of the molecule is O=C(COC(=O)CCCc1nc2ccccc2s1)Nc1ccc(F)c(Cl)c1. The van der Waals surface area contributed by atoms with Gasteiger partial charge in [0.1, 0.15) is 5.82 Å². The second kappa shape index (κ2) is 8.92. The number of ether oxygens (including phenoxy) is 1. The molecule has 0 spiro atoms. The molecule has 0 fully saturated rings. The lowest BCUT2D eigenvalue weighted by atomic mass is 10.2. The van der Waals surface area contributed by atoms with E-state index in [0.29, 0.717) is 18.5 Å². The molecule has 1 amide bonds. The largest absolute Gasteiger partial charge is 0.456 e. The topological polar surface area (TPSA) is 68.3 Å². The Labute approximate surface area is 164 Å². The average molecular weight is 407 g/mol. The van der Waals surface area contributed by atoms with Crippen LogP contribution in [0.15, 0.2) is 42.5 Å². The first-order chi connectivity index (χ1) is 13.0. The summed E-state index contributed by atoms with van der Waals surface area (Å²) >= 11 is 7.25. The zero-order valence-corrected chi connectivity index (χ0v) is 15.8. The lowest BCUT2D eigenvalue weighted by Crippen LogP contribution is -2.20. The van der Waals surface area contributed by atoms with Gasteiger partial charge in [0.05, 0.1) is 20.2 Å². The van der Waals surface area contributed by atoms with Crippen LogP contribution in [0, 0.1) is 5.82 Å².